The molecule has 0 bridgehead atoms. The molecule has 0 spiro atoms. The average Bonchev–Trinajstić information content (AvgIpc) is 2.56. The Bertz CT molecular complexity index is 907. The third kappa shape index (κ3) is 4.84. The minimum absolute atomic E-state index is 0. The van der Waals surface area contributed by atoms with E-state index in [-0.39, 0.29) is 29.6 Å². The van der Waals surface area contributed by atoms with Crippen LogP contribution < -0.4 is 9.64 Å². The number of fused-ring (bicyclic) bond motifs is 1. The summed E-state index contributed by atoms with van der Waals surface area (Å²) in [5, 5.41) is 2.23. The van der Waals surface area contributed by atoms with Crippen molar-refractivity contribution in [3.8, 4) is 5.75 Å². The zero-order chi connectivity index (χ0) is 17.1. The van der Waals surface area contributed by atoms with E-state index in [1.54, 1.807) is 33.6 Å². The van der Waals surface area contributed by atoms with Crippen LogP contribution in [0.25, 0.3) is 10.8 Å². The van der Waals surface area contributed by atoms with Crippen molar-refractivity contribution in [3.05, 3.63) is 72.3 Å². The maximum absolute atomic E-state index is 12.2. The van der Waals surface area contributed by atoms with Gasteiger partial charge >= 0.3 is 178 Å². The van der Waals surface area contributed by atoms with E-state index in [0.717, 1.165) is 16.5 Å². The molecule has 3 nitrogen and oxygen atoms in total. The van der Waals surface area contributed by atoms with Gasteiger partial charge in [0.15, 0.2) is 0 Å². The predicted molar refractivity (Wildman–Crippen MR) is 108 cm³/mol. The fourth-order valence-electron chi connectivity index (χ4n) is 2.48. The molecular formula is C20H19NO2Te2. The summed E-state index contributed by atoms with van der Waals surface area (Å²) in [5.41, 5.74) is 1.97. The Labute approximate surface area is 177 Å². The molecule has 3 aromatic rings. The van der Waals surface area contributed by atoms with Gasteiger partial charge in [0.25, 0.3) is 0 Å². The van der Waals surface area contributed by atoms with Gasteiger partial charge in [-0.15, -0.1) is 0 Å². The van der Waals surface area contributed by atoms with Crippen molar-refractivity contribution in [3.63, 3.8) is 0 Å². The predicted octanol–water partition coefficient (Wildman–Crippen LogP) is 2.92. The van der Waals surface area contributed by atoms with E-state index in [9.17, 15) is 4.79 Å². The van der Waals surface area contributed by atoms with Crippen molar-refractivity contribution in [1.29, 1.82) is 0 Å². The molecule has 128 valence electrons. The average molecular weight is 561 g/mol. The van der Waals surface area contributed by atoms with Crippen molar-refractivity contribution < 1.29 is 9.53 Å². The first-order valence-corrected chi connectivity index (χ1v) is 8.79. The molecule has 25 heavy (non-hydrogen) atoms. The summed E-state index contributed by atoms with van der Waals surface area (Å²) >= 11 is 1.72. The molecule has 3 aromatic carbocycles. The number of carbonyl (C=O) groups excluding carboxylic acids is 1. The molecule has 0 radical (unpaired) electrons. The first-order chi connectivity index (χ1) is 11.5. The van der Waals surface area contributed by atoms with Gasteiger partial charge in [-0.25, -0.2) is 0 Å². The summed E-state index contributed by atoms with van der Waals surface area (Å²) in [5.74, 6) is 0.630. The van der Waals surface area contributed by atoms with Crippen LogP contribution in [0.5, 0.6) is 5.75 Å². The van der Waals surface area contributed by atoms with Gasteiger partial charge in [-0.05, 0) is 0 Å². The van der Waals surface area contributed by atoms with Crippen molar-refractivity contribution in [1.82, 2.24) is 0 Å². The fraction of sp³-hybridized carbons (Fsp3) is 0.100. The van der Waals surface area contributed by atoms with E-state index >= 15 is 0 Å². The molecule has 1 amide bonds. The molecule has 0 aliphatic rings. The number of nitrogens with zero attached hydrogens (tertiary/aromatic N) is 1. The van der Waals surface area contributed by atoms with Crippen LogP contribution in [0.3, 0.4) is 0 Å². The monoisotopic (exact) mass is 565 g/mol. The Morgan fingerprint density at radius 3 is 2.24 bits per heavy atom. The molecule has 0 saturated carbocycles. The van der Waals surface area contributed by atoms with Gasteiger partial charge in [0, 0.05) is 0 Å². The summed E-state index contributed by atoms with van der Waals surface area (Å²) in [6.45, 7) is 3.57. The van der Waals surface area contributed by atoms with Crippen molar-refractivity contribution in [2.75, 3.05) is 4.90 Å². The van der Waals surface area contributed by atoms with Crippen LogP contribution in [0, 0.1) is 6.92 Å². The zero-order valence-electron chi connectivity index (χ0n) is 14.0. The first kappa shape index (κ1) is 20.0. The second-order valence-electron chi connectivity index (χ2n) is 5.57. The normalized spacial score (nSPS) is 10.0. The molecule has 0 fully saturated rings. The summed E-state index contributed by atoms with van der Waals surface area (Å²) in [4.78, 5) is 13.8. The maximum atomic E-state index is 12.2. The van der Waals surface area contributed by atoms with Crippen molar-refractivity contribution >= 4 is 71.7 Å². The third-order valence-corrected chi connectivity index (χ3v) is 4.47. The van der Waals surface area contributed by atoms with Gasteiger partial charge in [-0.2, -0.15) is 0 Å². The van der Waals surface area contributed by atoms with Gasteiger partial charge in [-0.3, -0.25) is 0 Å². The molecule has 0 heterocycles. The Kier molecular flexibility index (Phi) is 7.05. The molecule has 0 aliphatic carbocycles. The summed E-state index contributed by atoms with van der Waals surface area (Å²) in [6.07, 6.45) is 0. The topological polar surface area (TPSA) is 29.5 Å². The molecule has 3 rings (SSSR count). The number of hydrogen-bond donors (Lipinski definition) is 0. The van der Waals surface area contributed by atoms with Crippen LogP contribution in [0.1, 0.15) is 12.5 Å². The van der Waals surface area contributed by atoms with Crippen LogP contribution >= 0.6 is 0 Å². The van der Waals surface area contributed by atoms with Gasteiger partial charge in [-0.1, -0.05) is 0 Å². The second kappa shape index (κ2) is 8.84. The first-order valence-electron chi connectivity index (χ1n) is 7.62. The minimum atomic E-state index is -0.0856. The summed E-state index contributed by atoms with van der Waals surface area (Å²) < 4.78 is 6.42. The van der Waals surface area contributed by atoms with E-state index in [1.807, 2.05) is 67.6 Å². The van der Waals surface area contributed by atoms with Crippen LogP contribution in [-0.4, -0.2) is 55.3 Å². The Morgan fingerprint density at radius 2 is 1.60 bits per heavy atom. The van der Waals surface area contributed by atoms with E-state index < -0.39 is 0 Å². The van der Waals surface area contributed by atoms with E-state index in [0.29, 0.717) is 9.61 Å². The van der Waals surface area contributed by atoms with E-state index in [2.05, 4.69) is 6.07 Å². The number of ether oxygens (including phenoxy) is 1. The number of amides is 1. The third-order valence-electron chi connectivity index (χ3n) is 3.71. The molecule has 0 N–H and O–H groups in total. The molecule has 0 saturated heterocycles. The fourth-order valence-corrected chi connectivity index (χ4v) is 3.43. The molecule has 0 aromatic heterocycles. The van der Waals surface area contributed by atoms with Crippen LogP contribution in [-0.2, 0) is 4.79 Å². The Hall–Kier alpha value is -1.36. The number of aryl methyl sites for hydroxylation is 1. The van der Waals surface area contributed by atoms with Gasteiger partial charge in [0.2, 0.25) is 0 Å². The number of carbonyl (C=O) groups is 1. The van der Waals surface area contributed by atoms with Crippen molar-refractivity contribution in [2.45, 2.75) is 13.8 Å². The Morgan fingerprint density at radius 1 is 0.960 bits per heavy atom. The van der Waals surface area contributed by atoms with E-state index in [4.69, 9.17) is 4.74 Å². The number of anilines is 1. The van der Waals surface area contributed by atoms with Crippen molar-refractivity contribution in [2.24, 2.45) is 0 Å². The quantitative estimate of drug-likeness (QED) is 0.460. The number of hydrogen-bond acceptors (Lipinski definition) is 2. The standard InChI is InChI=1S/C20H17NO2Te.H2Te/c1-14-7-11-19(12-8-14)23-20(24)21(15(2)22)18-10-9-16-5-3-4-6-17(16)13-18;/h3-13H,1-2H3;1H2. The molecule has 0 aliphatic heterocycles. The van der Waals surface area contributed by atoms with Crippen LogP contribution in [0.4, 0.5) is 5.69 Å². The number of rotatable bonds is 4. The summed E-state index contributed by atoms with van der Waals surface area (Å²) in [7, 11) is 0. The van der Waals surface area contributed by atoms with Crippen LogP contribution in [0.2, 0.25) is 0 Å². The molecule has 5 heteroatoms. The van der Waals surface area contributed by atoms with E-state index in [1.165, 1.54) is 5.56 Å². The van der Waals surface area contributed by atoms with Gasteiger partial charge in [0.05, 0.1) is 0 Å². The molecule has 0 unspecified atom stereocenters. The summed E-state index contributed by atoms with van der Waals surface area (Å²) in [6, 6.07) is 21.8. The number of benzene rings is 3. The SMILES string of the molecule is CC(=O)N(C(=[Te])Oc1ccc(C)cc1)c1ccc2ccccc2c1.[TeH2]. The van der Waals surface area contributed by atoms with Crippen LogP contribution in [0.15, 0.2) is 66.7 Å². The van der Waals surface area contributed by atoms with Gasteiger partial charge < -0.3 is 0 Å². The molecular weight excluding hydrogens is 541 g/mol. The Balaban J connectivity index is 0.00000225. The second-order valence-corrected chi connectivity index (χ2v) is 6.56. The van der Waals surface area contributed by atoms with Gasteiger partial charge in [0.1, 0.15) is 0 Å². The molecule has 0 atom stereocenters. The zero-order valence-corrected chi connectivity index (χ0v) is 19.2.